The monoisotopic (exact) mass is 219 g/mol. The number of nitrogens with one attached hydrogen (secondary N) is 1. The van der Waals surface area contributed by atoms with E-state index in [1.807, 2.05) is 0 Å². The molecule has 0 saturated heterocycles. The average Bonchev–Trinajstić information content (AvgIpc) is 2.18. The predicted octanol–water partition coefficient (Wildman–Crippen LogP) is 3.21. The van der Waals surface area contributed by atoms with Gasteiger partial charge in [0, 0.05) is 24.1 Å². The highest BCUT2D eigenvalue weighted by Gasteiger charge is 2.26. The summed E-state index contributed by atoms with van der Waals surface area (Å²) in [6.45, 7) is 8.64. The lowest BCUT2D eigenvalue weighted by Gasteiger charge is -2.33. The third-order valence-electron chi connectivity index (χ3n) is 3.04. The first-order valence-electron chi connectivity index (χ1n) is 6.10. The van der Waals surface area contributed by atoms with Gasteiger partial charge in [0.15, 0.2) is 0 Å². The molecule has 2 nitrogen and oxygen atoms in total. The summed E-state index contributed by atoms with van der Waals surface area (Å²) in [5.41, 5.74) is 2.55. The van der Waals surface area contributed by atoms with Crippen LogP contribution in [0.15, 0.2) is 18.2 Å². The van der Waals surface area contributed by atoms with Crippen LogP contribution in [0.4, 0.5) is 0 Å². The summed E-state index contributed by atoms with van der Waals surface area (Å²) in [5, 5.41) is 3.62. The van der Waals surface area contributed by atoms with E-state index in [9.17, 15) is 0 Å². The summed E-state index contributed by atoms with van der Waals surface area (Å²) < 4.78 is 5.93. The lowest BCUT2D eigenvalue weighted by molar-refractivity contribution is 0.162. The third kappa shape index (κ3) is 2.22. The zero-order chi connectivity index (χ0) is 11.7. The van der Waals surface area contributed by atoms with Crippen molar-refractivity contribution < 1.29 is 4.74 Å². The molecule has 1 aliphatic rings. The fraction of sp³-hybridized carbons (Fsp3) is 0.571. The van der Waals surface area contributed by atoms with Crippen LogP contribution < -0.4 is 10.1 Å². The average molecular weight is 219 g/mol. The molecular formula is C14H21NO. The van der Waals surface area contributed by atoms with E-state index in [0.717, 1.165) is 12.2 Å². The zero-order valence-corrected chi connectivity index (χ0v) is 10.6. The molecule has 0 spiro atoms. The molecule has 1 heterocycles. The Morgan fingerprint density at radius 1 is 1.38 bits per heavy atom. The van der Waals surface area contributed by atoms with Crippen LogP contribution in [0.2, 0.25) is 0 Å². The molecule has 16 heavy (non-hydrogen) atoms. The van der Waals surface area contributed by atoms with Crippen LogP contribution in [0.1, 0.15) is 44.4 Å². The number of rotatable bonds is 2. The second kappa shape index (κ2) is 4.46. The van der Waals surface area contributed by atoms with Crippen molar-refractivity contribution in [3.8, 4) is 5.75 Å². The van der Waals surface area contributed by atoms with Crippen LogP contribution in [0, 0.1) is 6.92 Å². The zero-order valence-electron chi connectivity index (χ0n) is 10.6. The van der Waals surface area contributed by atoms with Crippen LogP contribution in [-0.4, -0.2) is 12.1 Å². The Balaban J connectivity index is 2.34. The molecule has 2 rings (SSSR count). The minimum atomic E-state index is 0.296. The first-order valence-corrected chi connectivity index (χ1v) is 6.10. The van der Waals surface area contributed by atoms with E-state index in [1.54, 1.807) is 0 Å². The molecule has 1 aromatic rings. The normalized spacial score (nSPS) is 24.1. The number of benzene rings is 1. The van der Waals surface area contributed by atoms with Gasteiger partial charge in [0.1, 0.15) is 5.75 Å². The number of aryl methyl sites for hydroxylation is 1. The molecule has 0 radical (unpaired) electrons. The lowest BCUT2D eigenvalue weighted by atomic mass is 9.94. The van der Waals surface area contributed by atoms with Gasteiger partial charge in [-0.2, -0.15) is 0 Å². The summed E-state index contributed by atoms with van der Waals surface area (Å²) in [4.78, 5) is 0. The highest BCUT2D eigenvalue weighted by atomic mass is 16.5. The second-order valence-corrected chi connectivity index (χ2v) is 5.03. The molecule has 2 unspecified atom stereocenters. The molecule has 2 heteroatoms. The summed E-state index contributed by atoms with van der Waals surface area (Å²) >= 11 is 0. The van der Waals surface area contributed by atoms with E-state index in [4.69, 9.17) is 4.74 Å². The van der Waals surface area contributed by atoms with Gasteiger partial charge in [0.05, 0.1) is 6.10 Å². The molecule has 0 aromatic heterocycles. The van der Waals surface area contributed by atoms with Crippen LogP contribution in [0.3, 0.4) is 0 Å². The molecule has 88 valence electrons. The molecule has 0 bridgehead atoms. The van der Waals surface area contributed by atoms with E-state index in [2.05, 4.69) is 51.2 Å². The summed E-state index contributed by atoms with van der Waals surface area (Å²) in [6, 6.07) is 7.34. The van der Waals surface area contributed by atoms with Crippen LogP contribution >= 0.6 is 0 Å². The van der Waals surface area contributed by atoms with Crippen molar-refractivity contribution in [3.05, 3.63) is 29.3 Å². The fourth-order valence-electron chi connectivity index (χ4n) is 2.38. The molecule has 0 fully saturated rings. The maximum absolute atomic E-state index is 5.93. The highest BCUT2D eigenvalue weighted by Crippen LogP contribution is 2.37. The molecule has 0 aliphatic carbocycles. The maximum atomic E-state index is 5.93. The second-order valence-electron chi connectivity index (χ2n) is 5.03. The fourth-order valence-corrected chi connectivity index (χ4v) is 2.38. The topological polar surface area (TPSA) is 21.3 Å². The van der Waals surface area contributed by atoms with Crippen molar-refractivity contribution in [3.63, 3.8) is 0 Å². The van der Waals surface area contributed by atoms with Crippen LogP contribution in [-0.2, 0) is 0 Å². The number of fused-ring (bicyclic) bond motifs is 1. The molecular weight excluding hydrogens is 198 g/mol. The smallest absolute Gasteiger partial charge is 0.127 e. The van der Waals surface area contributed by atoms with Crippen molar-refractivity contribution in [2.24, 2.45) is 0 Å². The SMILES string of the molecule is Cc1cccc2c1OC(C)CC2NC(C)C. The van der Waals surface area contributed by atoms with Crippen LogP contribution in [0.25, 0.3) is 0 Å². The predicted molar refractivity (Wildman–Crippen MR) is 66.9 cm³/mol. The van der Waals surface area contributed by atoms with Crippen molar-refractivity contribution >= 4 is 0 Å². The van der Waals surface area contributed by atoms with E-state index >= 15 is 0 Å². The van der Waals surface area contributed by atoms with Gasteiger partial charge in [0.2, 0.25) is 0 Å². The molecule has 1 aliphatic heterocycles. The Morgan fingerprint density at radius 2 is 2.12 bits per heavy atom. The number of hydrogen-bond donors (Lipinski definition) is 1. The highest BCUT2D eigenvalue weighted by molar-refractivity contribution is 5.44. The van der Waals surface area contributed by atoms with Crippen molar-refractivity contribution in [2.45, 2.75) is 52.3 Å². The van der Waals surface area contributed by atoms with Gasteiger partial charge < -0.3 is 10.1 Å². The number of para-hydroxylation sites is 1. The van der Waals surface area contributed by atoms with Crippen LogP contribution in [0.5, 0.6) is 5.75 Å². The van der Waals surface area contributed by atoms with Gasteiger partial charge in [-0.05, 0) is 19.4 Å². The Kier molecular flexibility index (Phi) is 3.20. The maximum Gasteiger partial charge on any atom is 0.127 e. The Morgan fingerprint density at radius 3 is 2.81 bits per heavy atom. The lowest BCUT2D eigenvalue weighted by Crippen LogP contribution is -2.35. The van der Waals surface area contributed by atoms with E-state index < -0.39 is 0 Å². The molecule has 0 amide bonds. The number of hydrogen-bond acceptors (Lipinski definition) is 2. The van der Waals surface area contributed by atoms with Gasteiger partial charge in [-0.3, -0.25) is 0 Å². The molecule has 2 atom stereocenters. The van der Waals surface area contributed by atoms with Gasteiger partial charge in [-0.1, -0.05) is 32.0 Å². The molecule has 1 N–H and O–H groups in total. The summed E-state index contributed by atoms with van der Waals surface area (Å²) in [5.74, 6) is 1.08. The minimum Gasteiger partial charge on any atom is -0.490 e. The summed E-state index contributed by atoms with van der Waals surface area (Å²) in [6.07, 6.45) is 1.35. The van der Waals surface area contributed by atoms with Gasteiger partial charge in [0.25, 0.3) is 0 Å². The van der Waals surface area contributed by atoms with Crippen molar-refractivity contribution in [1.82, 2.24) is 5.32 Å². The molecule has 0 saturated carbocycles. The molecule has 1 aromatic carbocycles. The first kappa shape index (κ1) is 11.5. The van der Waals surface area contributed by atoms with Crippen molar-refractivity contribution in [2.75, 3.05) is 0 Å². The van der Waals surface area contributed by atoms with E-state index in [1.165, 1.54) is 11.1 Å². The number of ether oxygens (including phenoxy) is 1. The Labute approximate surface area is 98.0 Å². The quantitative estimate of drug-likeness (QED) is 0.824. The largest absolute Gasteiger partial charge is 0.490 e. The Bertz CT molecular complexity index is 373. The van der Waals surface area contributed by atoms with E-state index in [0.29, 0.717) is 18.2 Å². The standard InChI is InChI=1S/C14H21NO/c1-9(2)15-13-8-11(4)16-14-10(3)6-5-7-12(13)14/h5-7,9,11,13,15H,8H2,1-4H3. The third-order valence-corrected chi connectivity index (χ3v) is 3.04. The Hall–Kier alpha value is -1.02. The van der Waals surface area contributed by atoms with Crippen molar-refractivity contribution in [1.29, 1.82) is 0 Å². The van der Waals surface area contributed by atoms with Gasteiger partial charge >= 0.3 is 0 Å². The minimum absolute atomic E-state index is 0.296. The van der Waals surface area contributed by atoms with Gasteiger partial charge in [-0.25, -0.2) is 0 Å². The van der Waals surface area contributed by atoms with E-state index in [-0.39, 0.29) is 0 Å². The summed E-state index contributed by atoms with van der Waals surface area (Å²) in [7, 11) is 0. The van der Waals surface area contributed by atoms with Gasteiger partial charge in [-0.15, -0.1) is 0 Å². The first-order chi connectivity index (χ1) is 7.58.